The minimum atomic E-state index is 0.191. The molecule has 1 aromatic carbocycles. The molecule has 2 aliphatic rings. The van der Waals surface area contributed by atoms with Crippen molar-refractivity contribution in [2.24, 2.45) is 0 Å². The van der Waals surface area contributed by atoms with Gasteiger partial charge in [-0.3, -0.25) is 14.8 Å². The van der Waals surface area contributed by atoms with E-state index in [-0.39, 0.29) is 11.9 Å². The summed E-state index contributed by atoms with van der Waals surface area (Å²) in [5.74, 6) is 0.228. The van der Waals surface area contributed by atoms with Crippen LogP contribution in [-0.2, 0) is 4.79 Å². The van der Waals surface area contributed by atoms with Gasteiger partial charge < -0.3 is 10.2 Å². The third-order valence-electron chi connectivity index (χ3n) is 4.82. The molecule has 5 heteroatoms. The molecule has 1 N–H and O–H groups in total. The predicted octanol–water partition coefficient (Wildman–Crippen LogP) is 1.88. The Bertz CT molecular complexity index is 542. The molecule has 2 aliphatic heterocycles. The lowest BCUT2D eigenvalue weighted by Gasteiger charge is -2.34. The van der Waals surface area contributed by atoms with Crippen molar-refractivity contribution >= 4 is 11.6 Å². The smallest absolute Gasteiger partial charge is 0.243 e. The zero-order chi connectivity index (χ0) is 16.8. The standard InChI is InChI=1S/C19H28N4O/c1-2-7-18-16-19(24)22(23(18)17-8-4-3-5-9-17)13-6-12-21-14-10-20-11-15-21/h2-5,8-9,18,20H,1,6-7,10-16H2. The summed E-state index contributed by atoms with van der Waals surface area (Å²) in [5, 5.41) is 7.51. The monoisotopic (exact) mass is 328 g/mol. The van der Waals surface area contributed by atoms with Crippen molar-refractivity contribution in [1.82, 2.24) is 15.2 Å². The fourth-order valence-corrected chi connectivity index (χ4v) is 3.63. The molecule has 0 radical (unpaired) electrons. The Kier molecular flexibility index (Phi) is 5.88. The van der Waals surface area contributed by atoms with Crippen LogP contribution in [-0.4, -0.2) is 61.1 Å². The molecular weight excluding hydrogens is 300 g/mol. The topological polar surface area (TPSA) is 38.8 Å². The number of benzene rings is 1. The van der Waals surface area contributed by atoms with Crippen LogP contribution in [0.25, 0.3) is 0 Å². The molecule has 5 nitrogen and oxygen atoms in total. The first-order valence-corrected chi connectivity index (χ1v) is 8.98. The molecule has 0 aliphatic carbocycles. The number of hydrogen-bond donors (Lipinski definition) is 1. The summed E-state index contributed by atoms with van der Waals surface area (Å²) in [5.41, 5.74) is 1.09. The van der Waals surface area contributed by atoms with E-state index in [1.165, 1.54) is 0 Å². The number of hydrazine groups is 1. The first kappa shape index (κ1) is 17.0. The maximum atomic E-state index is 12.6. The van der Waals surface area contributed by atoms with Crippen molar-refractivity contribution in [2.75, 3.05) is 44.3 Å². The Morgan fingerprint density at radius 2 is 1.92 bits per heavy atom. The molecule has 2 heterocycles. The summed E-state index contributed by atoms with van der Waals surface area (Å²) >= 11 is 0. The van der Waals surface area contributed by atoms with Crippen molar-refractivity contribution in [2.45, 2.75) is 25.3 Å². The Balaban J connectivity index is 1.64. The Labute approximate surface area is 144 Å². The molecule has 1 atom stereocenters. The number of carbonyl (C=O) groups excluding carboxylic acids is 1. The van der Waals surface area contributed by atoms with E-state index in [1.54, 1.807) is 0 Å². The SMILES string of the molecule is C=CCC1CC(=O)N(CCCN2CCNCC2)N1c1ccccc1. The van der Waals surface area contributed by atoms with Gasteiger partial charge in [0.05, 0.1) is 18.2 Å². The summed E-state index contributed by atoms with van der Waals surface area (Å²) in [7, 11) is 0. The molecular formula is C19H28N4O. The average Bonchev–Trinajstić information content (AvgIpc) is 2.92. The number of anilines is 1. The first-order valence-electron chi connectivity index (χ1n) is 8.98. The quantitative estimate of drug-likeness (QED) is 0.776. The van der Waals surface area contributed by atoms with E-state index < -0.39 is 0 Å². The molecule has 0 bridgehead atoms. The maximum Gasteiger partial charge on any atom is 0.243 e. The summed E-state index contributed by atoms with van der Waals surface area (Å²) in [6.07, 6.45) is 4.33. The number of nitrogens with one attached hydrogen (secondary N) is 1. The van der Waals surface area contributed by atoms with Gasteiger partial charge >= 0.3 is 0 Å². The fraction of sp³-hybridized carbons (Fsp3) is 0.526. The van der Waals surface area contributed by atoms with Crippen LogP contribution in [0.4, 0.5) is 5.69 Å². The molecule has 0 spiro atoms. The number of nitrogens with zero attached hydrogens (tertiary/aromatic N) is 3. The number of carbonyl (C=O) groups is 1. The van der Waals surface area contributed by atoms with Crippen LogP contribution in [0.1, 0.15) is 19.3 Å². The molecule has 1 unspecified atom stereocenters. The van der Waals surface area contributed by atoms with Gasteiger partial charge in [0.25, 0.3) is 0 Å². The Morgan fingerprint density at radius 3 is 2.62 bits per heavy atom. The van der Waals surface area contributed by atoms with Crippen molar-refractivity contribution in [3.63, 3.8) is 0 Å². The minimum absolute atomic E-state index is 0.191. The summed E-state index contributed by atoms with van der Waals surface area (Å²) in [6, 6.07) is 10.4. The maximum absolute atomic E-state index is 12.6. The number of amides is 1. The van der Waals surface area contributed by atoms with Gasteiger partial charge in [-0.25, -0.2) is 0 Å². The molecule has 0 saturated carbocycles. The third kappa shape index (κ3) is 3.97. The second-order valence-corrected chi connectivity index (χ2v) is 6.52. The highest BCUT2D eigenvalue weighted by atomic mass is 16.2. The third-order valence-corrected chi connectivity index (χ3v) is 4.82. The average molecular weight is 328 g/mol. The van der Waals surface area contributed by atoms with Gasteiger partial charge in [-0.1, -0.05) is 24.3 Å². The highest BCUT2D eigenvalue weighted by molar-refractivity contribution is 5.82. The normalized spacial score (nSPS) is 22.2. The van der Waals surface area contributed by atoms with E-state index in [2.05, 4.69) is 33.9 Å². The number of hydrogen-bond acceptors (Lipinski definition) is 4. The van der Waals surface area contributed by atoms with Crippen LogP contribution < -0.4 is 10.3 Å². The molecule has 1 aromatic rings. The van der Waals surface area contributed by atoms with Gasteiger partial charge in [0.2, 0.25) is 5.91 Å². The molecule has 130 valence electrons. The van der Waals surface area contributed by atoms with Gasteiger partial charge in [0.1, 0.15) is 0 Å². The van der Waals surface area contributed by atoms with Crippen LogP contribution >= 0.6 is 0 Å². The molecule has 0 aromatic heterocycles. The van der Waals surface area contributed by atoms with Gasteiger partial charge in [0, 0.05) is 39.3 Å². The van der Waals surface area contributed by atoms with E-state index in [0.717, 1.165) is 57.8 Å². The van der Waals surface area contributed by atoms with Gasteiger partial charge in [-0.2, -0.15) is 0 Å². The number of rotatable bonds is 7. The second kappa shape index (κ2) is 8.31. The predicted molar refractivity (Wildman–Crippen MR) is 97.8 cm³/mol. The van der Waals surface area contributed by atoms with E-state index in [4.69, 9.17) is 0 Å². The first-order chi connectivity index (χ1) is 11.8. The van der Waals surface area contributed by atoms with Crippen LogP contribution in [0.3, 0.4) is 0 Å². The van der Waals surface area contributed by atoms with Crippen molar-refractivity contribution in [3.05, 3.63) is 43.0 Å². The summed E-state index contributed by atoms with van der Waals surface area (Å²) in [6.45, 7) is 10.0. The largest absolute Gasteiger partial charge is 0.314 e. The fourth-order valence-electron chi connectivity index (χ4n) is 3.63. The van der Waals surface area contributed by atoms with E-state index in [9.17, 15) is 4.79 Å². The number of para-hydroxylation sites is 1. The summed E-state index contributed by atoms with van der Waals surface area (Å²) < 4.78 is 0. The van der Waals surface area contributed by atoms with Crippen LogP contribution in [0.15, 0.2) is 43.0 Å². The van der Waals surface area contributed by atoms with Crippen molar-refractivity contribution in [3.8, 4) is 0 Å². The highest BCUT2D eigenvalue weighted by Gasteiger charge is 2.36. The molecule has 2 saturated heterocycles. The zero-order valence-corrected chi connectivity index (χ0v) is 14.4. The molecule has 2 fully saturated rings. The molecule has 1 amide bonds. The lowest BCUT2D eigenvalue weighted by Crippen LogP contribution is -2.46. The second-order valence-electron chi connectivity index (χ2n) is 6.52. The van der Waals surface area contributed by atoms with E-state index in [1.807, 2.05) is 29.3 Å². The Morgan fingerprint density at radius 1 is 1.17 bits per heavy atom. The molecule has 3 rings (SSSR count). The lowest BCUT2D eigenvalue weighted by molar-refractivity contribution is -0.128. The Hall–Kier alpha value is -1.85. The molecule has 24 heavy (non-hydrogen) atoms. The van der Waals surface area contributed by atoms with E-state index in [0.29, 0.717) is 6.42 Å². The van der Waals surface area contributed by atoms with Crippen LogP contribution in [0.2, 0.25) is 0 Å². The van der Waals surface area contributed by atoms with Crippen molar-refractivity contribution in [1.29, 1.82) is 0 Å². The van der Waals surface area contributed by atoms with Gasteiger partial charge in [-0.05, 0) is 25.0 Å². The highest BCUT2D eigenvalue weighted by Crippen LogP contribution is 2.29. The number of piperazine rings is 1. The van der Waals surface area contributed by atoms with Gasteiger partial charge in [-0.15, -0.1) is 6.58 Å². The van der Waals surface area contributed by atoms with E-state index >= 15 is 0 Å². The van der Waals surface area contributed by atoms with Crippen LogP contribution in [0.5, 0.6) is 0 Å². The van der Waals surface area contributed by atoms with Gasteiger partial charge in [0.15, 0.2) is 0 Å². The zero-order valence-electron chi connectivity index (χ0n) is 14.4. The minimum Gasteiger partial charge on any atom is -0.314 e. The lowest BCUT2D eigenvalue weighted by atomic mass is 10.1. The summed E-state index contributed by atoms with van der Waals surface area (Å²) in [4.78, 5) is 15.0. The van der Waals surface area contributed by atoms with Crippen LogP contribution in [0, 0.1) is 0 Å². The van der Waals surface area contributed by atoms with Crippen molar-refractivity contribution < 1.29 is 4.79 Å².